The van der Waals surface area contributed by atoms with Crippen molar-refractivity contribution >= 4 is 21.1 Å². The number of benzene rings is 2. The first kappa shape index (κ1) is 21.7. The molecule has 0 unspecified atom stereocenters. The Balaban J connectivity index is 1.46. The fraction of sp³-hybridized carbons (Fsp3) is 0.364. The van der Waals surface area contributed by atoms with Gasteiger partial charge in [0.1, 0.15) is 12.4 Å². The smallest absolute Gasteiger partial charge is 0.243 e. The number of ether oxygens (including phenoxy) is 1. The van der Waals surface area contributed by atoms with Crippen molar-refractivity contribution in [2.45, 2.75) is 31.8 Å². The third kappa shape index (κ3) is 4.03. The molecule has 172 valence electrons. The number of aromatic nitrogens is 6. The van der Waals surface area contributed by atoms with Crippen LogP contribution in [-0.2, 0) is 27.8 Å². The van der Waals surface area contributed by atoms with E-state index in [0.29, 0.717) is 50.7 Å². The van der Waals surface area contributed by atoms with Crippen molar-refractivity contribution in [3.63, 3.8) is 0 Å². The number of fused-ring (bicyclic) bond motifs is 1. The molecule has 0 amide bonds. The Bertz CT molecular complexity index is 1400. The summed E-state index contributed by atoms with van der Waals surface area (Å²) in [5.74, 6) is 1.30. The number of morpholine rings is 1. The normalized spacial score (nSPS) is 15.3. The van der Waals surface area contributed by atoms with E-state index in [-0.39, 0.29) is 4.90 Å². The summed E-state index contributed by atoms with van der Waals surface area (Å²) in [5.41, 5.74) is 3.51. The first-order valence-corrected chi connectivity index (χ1v) is 12.3. The predicted octanol–water partition coefficient (Wildman–Crippen LogP) is 2.09. The Hall–Kier alpha value is -3.15. The molecule has 10 nitrogen and oxygen atoms in total. The Morgan fingerprint density at radius 1 is 1.09 bits per heavy atom. The molecule has 0 aliphatic carbocycles. The molecule has 33 heavy (non-hydrogen) atoms. The van der Waals surface area contributed by atoms with Crippen LogP contribution in [0.4, 0.5) is 0 Å². The van der Waals surface area contributed by atoms with Crippen LogP contribution in [0, 0.1) is 6.92 Å². The van der Waals surface area contributed by atoms with E-state index in [1.807, 2.05) is 48.7 Å². The minimum atomic E-state index is -3.59. The van der Waals surface area contributed by atoms with E-state index in [4.69, 9.17) is 9.72 Å². The van der Waals surface area contributed by atoms with Crippen LogP contribution < -0.4 is 0 Å². The van der Waals surface area contributed by atoms with Gasteiger partial charge in [-0.2, -0.15) is 9.10 Å². The summed E-state index contributed by atoms with van der Waals surface area (Å²) in [4.78, 5) is 6.48. The zero-order chi connectivity index (χ0) is 23.0. The molecule has 2 aromatic heterocycles. The molecule has 0 radical (unpaired) electrons. The standard InChI is InChI=1S/C22H25N7O3S/c1-3-28-20-9-8-17(33(30,31)27-10-12-32-13-11-27)14-19(20)23-21(28)15-29-25-22(24-26-29)18-7-5-4-6-16(18)2/h4-9,14H,3,10-13,15H2,1-2H3. The van der Waals surface area contributed by atoms with Crippen molar-refractivity contribution in [2.24, 2.45) is 0 Å². The van der Waals surface area contributed by atoms with Crippen molar-refractivity contribution in [2.75, 3.05) is 26.3 Å². The molecule has 1 aliphatic rings. The SMILES string of the molecule is CCn1c(Cn2nnc(-c3ccccc3C)n2)nc2cc(S(=O)(=O)N3CCOCC3)ccc21. The molecular formula is C22H25N7O3S. The van der Waals surface area contributed by atoms with Crippen molar-refractivity contribution in [1.82, 2.24) is 34.1 Å². The van der Waals surface area contributed by atoms with E-state index in [2.05, 4.69) is 15.4 Å². The highest BCUT2D eigenvalue weighted by Crippen LogP contribution is 2.24. The fourth-order valence-corrected chi connectivity index (χ4v) is 5.53. The number of imidazole rings is 1. The van der Waals surface area contributed by atoms with Crippen LogP contribution in [0.15, 0.2) is 47.4 Å². The maximum Gasteiger partial charge on any atom is 0.243 e. The van der Waals surface area contributed by atoms with Crippen molar-refractivity contribution < 1.29 is 13.2 Å². The van der Waals surface area contributed by atoms with Gasteiger partial charge in [-0.15, -0.1) is 10.2 Å². The molecule has 5 rings (SSSR count). The summed E-state index contributed by atoms with van der Waals surface area (Å²) in [6.45, 7) is 6.57. The van der Waals surface area contributed by atoms with Gasteiger partial charge >= 0.3 is 0 Å². The van der Waals surface area contributed by atoms with Crippen LogP contribution in [0.2, 0.25) is 0 Å². The molecule has 2 aromatic carbocycles. The highest BCUT2D eigenvalue weighted by molar-refractivity contribution is 7.89. The largest absolute Gasteiger partial charge is 0.379 e. The summed E-state index contributed by atoms with van der Waals surface area (Å²) >= 11 is 0. The number of tetrazole rings is 1. The van der Waals surface area contributed by atoms with E-state index < -0.39 is 10.0 Å². The Morgan fingerprint density at radius 3 is 2.64 bits per heavy atom. The van der Waals surface area contributed by atoms with Crippen LogP contribution in [0.5, 0.6) is 0 Å². The van der Waals surface area contributed by atoms with Gasteiger partial charge in [-0.1, -0.05) is 24.3 Å². The number of hydrogen-bond donors (Lipinski definition) is 0. The molecule has 4 aromatic rings. The number of sulfonamides is 1. The Morgan fingerprint density at radius 2 is 1.88 bits per heavy atom. The average molecular weight is 468 g/mol. The monoisotopic (exact) mass is 467 g/mol. The van der Waals surface area contributed by atoms with Gasteiger partial charge in [-0.3, -0.25) is 0 Å². The van der Waals surface area contributed by atoms with E-state index in [9.17, 15) is 8.42 Å². The van der Waals surface area contributed by atoms with Gasteiger partial charge in [0.25, 0.3) is 0 Å². The van der Waals surface area contributed by atoms with Crippen LogP contribution in [0.25, 0.3) is 22.4 Å². The minimum absolute atomic E-state index is 0.241. The molecule has 1 saturated heterocycles. The second-order valence-corrected chi connectivity index (χ2v) is 9.84. The van der Waals surface area contributed by atoms with E-state index in [1.54, 1.807) is 12.1 Å². The topological polar surface area (TPSA) is 108 Å². The van der Waals surface area contributed by atoms with Gasteiger partial charge in [0.05, 0.1) is 29.1 Å². The first-order valence-electron chi connectivity index (χ1n) is 10.9. The van der Waals surface area contributed by atoms with Crippen LogP contribution in [-0.4, -0.2) is 68.8 Å². The predicted molar refractivity (Wildman–Crippen MR) is 122 cm³/mol. The molecule has 11 heteroatoms. The van der Waals surface area contributed by atoms with E-state index in [1.165, 1.54) is 9.10 Å². The zero-order valence-corrected chi connectivity index (χ0v) is 19.4. The molecule has 1 aliphatic heterocycles. The maximum absolute atomic E-state index is 13.1. The van der Waals surface area contributed by atoms with Crippen molar-refractivity contribution in [3.8, 4) is 11.4 Å². The lowest BCUT2D eigenvalue weighted by atomic mass is 10.1. The molecule has 0 spiro atoms. The molecule has 0 atom stereocenters. The van der Waals surface area contributed by atoms with Crippen LogP contribution in [0.1, 0.15) is 18.3 Å². The van der Waals surface area contributed by atoms with Gasteiger partial charge in [0.15, 0.2) is 0 Å². The number of hydrogen-bond acceptors (Lipinski definition) is 7. The molecule has 0 bridgehead atoms. The summed E-state index contributed by atoms with van der Waals surface area (Å²) in [5, 5.41) is 12.9. The van der Waals surface area contributed by atoms with Crippen molar-refractivity contribution in [1.29, 1.82) is 0 Å². The molecule has 3 heterocycles. The molecular weight excluding hydrogens is 442 g/mol. The quantitative estimate of drug-likeness (QED) is 0.427. The third-order valence-corrected chi connectivity index (χ3v) is 7.74. The highest BCUT2D eigenvalue weighted by Gasteiger charge is 2.27. The summed E-state index contributed by atoms with van der Waals surface area (Å²) in [6.07, 6.45) is 0. The van der Waals surface area contributed by atoms with Crippen LogP contribution >= 0.6 is 0 Å². The van der Waals surface area contributed by atoms with E-state index in [0.717, 1.165) is 22.5 Å². The zero-order valence-electron chi connectivity index (χ0n) is 18.5. The van der Waals surface area contributed by atoms with Gasteiger partial charge in [0, 0.05) is 25.2 Å². The summed E-state index contributed by atoms with van der Waals surface area (Å²) in [6, 6.07) is 13.0. The second-order valence-electron chi connectivity index (χ2n) is 7.90. The Labute approximate surface area is 191 Å². The lowest BCUT2D eigenvalue weighted by Crippen LogP contribution is -2.40. The minimum Gasteiger partial charge on any atom is -0.379 e. The lowest BCUT2D eigenvalue weighted by Gasteiger charge is -2.26. The average Bonchev–Trinajstić information content (AvgIpc) is 3.43. The summed E-state index contributed by atoms with van der Waals surface area (Å²) < 4.78 is 34.9. The highest BCUT2D eigenvalue weighted by atomic mass is 32.2. The summed E-state index contributed by atoms with van der Waals surface area (Å²) in [7, 11) is -3.59. The Kier molecular flexibility index (Phi) is 5.69. The molecule has 0 saturated carbocycles. The molecule has 1 fully saturated rings. The maximum atomic E-state index is 13.1. The lowest BCUT2D eigenvalue weighted by molar-refractivity contribution is 0.0730. The van der Waals surface area contributed by atoms with Gasteiger partial charge in [-0.05, 0) is 42.8 Å². The number of rotatable bonds is 6. The van der Waals surface area contributed by atoms with Gasteiger partial charge < -0.3 is 9.30 Å². The first-order chi connectivity index (χ1) is 16.0. The van der Waals surface area contributed by atoms with Crippen molar-refractivity contribution in [3.05, 3.63) is 53.9 Å². The molecule has 0 N–H and O–H groups in total. The third-order valence-electron chi connectivity index (χ3n) is 5.84. The second kappa shape index (κ2) is 8.65. The van der Waals surface area contributed by atoms with Crippen LogP contribution in [0.3, 0.4) is 0 Å². The van der Waals surface area contributed by atoms with Gasteiger partial charge in [-0.25, -0.2) is 13.4 Å². The van der Waals surface area contributed by atoms with Gasteiger partial charge in [0.2, 0.25) is 15.8 Å². The number of aryl methyl sites for hydroxylation is 2. The van der Waals surface area contributed by atoms with E-state index >= 15 is 0 Å². The fourth-order valence-electron chi connectivity index (χ4n) is 4.10. The number of nitrogens with zero attached hydrogens (tertiary/aromatic N) is 7.